The van der Waals surface area contributed by atoms with Gasteiger partial charge in [-0.05, 0) is 117 Å². The van der Waals surface area contributed by atoms with Crippen molar-refractivity contribution in [1.29, 1.82) is 0 Å². The zero-order valence-corrected chi connectivity index (χ0v) is 46.2. The van der Waals surface area contributed by atoms with Gasteiger partial charge in [0.1, 0.15) is 5.58 Å². The van der Waals surface area contributed by atoms with Gasteiger partial charge in [0, 0.05) is 36.9 Å². The van der Waals surface area contributed by atoms with Crippen molar-refractivity contribution in [3.63, 3.8) is 0 Å². The van der Waals surface area contributed by atoms with Crippen molar-refractivity contribution >= 4 is 44.0 Å². The van der Waals surface area contributed by atoms with E-state index in [1.54, 1.807) is 0 Å². The van der Waals surface area contributed by atoms with Gasteiger partial charge < -0.3 is 13.6 Å². The number of fused-ring (bicyclic) bond motifs is 5. The van der Waals surface area contributed by atoms with Crippen LogP contribution >= 0.6 is 0 Å². The summed E-state index contributed by atoms with van der Waals surface area (Å²) in [5.41, 5.74) is 18.3. The van der Waals surface area contributed by atoms with Crippen LogP contribution in [-0.2, 0) is 20.1 Å². The summed E-state index contributed by atoms with van der Waals surface area (Å²) < 4.78 is 52.9. The zero-order valence-electron chi connectivity index (χ0n) is 48.9. The Morgan fingerprint density at radius 1 is 0.480 bits per heavy atom. The summed E-state index contributed by atoms with van der Waals surface area (Å²) in [4.78, 5) is 10.3. The predicted molar refractivity (Wildman–Crippen MR) is 310 cm³/mol. The molecule has 12 rings (SSSR count). The first-order valence-electron chi connectivity index (χ1n) is 28.3. The molecule has 0 aliphatic heterocycles. The normalized spacial score (nSPS) is 12.6. The van der Waals surface area contributed by atoms with Crippen molar-refractivity contribution in [2.24, 2.45) is 0 Å². The Morgan fingerprint density at radius 3 is 1.63 bits per heavy atom. The maximum Gasteiger partial charge on any atom is 0.124 e. The molecule has 0 saturated heterocycles. The summed E-state index contributed by atoms with van der Waals surface area (Å²) in [5, 5.41) is 1.76. The molecular weight excluding hydrogens is 1090 g/mol. The topological polar surface area (TPSA) is 48.8 Å². The second-order valence-corrected chi connectivity index (χ2v) is 20.4. The summed E-state index contributed by atoms with van der Waals surface area (Å²) in [6.07, 6.45) is 0. The molecule has 12 aromatic rings. The Bertz CT molecular complexity index is 4210. The van der Waals surface area contributed by atoms with Crippen molar-refractivity contribution in [3.8, 4) is 56.4 Å². The minimum atomic E-state index is -0.413. The molecule has 0 aliphatic rings. The smallest absolute Gasteiger partial charge is 0.124 e. The molecule has 0 unspecified atom stereocenters. The molecule has 375 valence electrons. The first kappa shape index (κ1) is 44.8. The maximum atomic E-state index is 8.57. The van der Waals surface area contributed by atoms with Gasteiger partial charge in [-0.2, -0.15) is 0 Å². The fraction of sp³-hybridized carbons (Fsp3) is 0.188. The fourth-order valence-electron chi connectivity index (χ4n) is 10.5. The molecule has 0 aliphatic carbocycles. The van der Waals surface area contributed by atoms with Crippen LogP contribution in [0.3, 0.4) is 0 Å². The van der Waals surface area contributed by atoms with Gasteiger partial charge >= 0.3 is 0 Å². The summed E-state index contributed by atoms with van der Waals surface area (Å²) in [5.74, 6) is 2.93. The van der Waals surface area contributed by atoms with Crippen LogP contribution in [0.25, 0.3) is 100 Å². The molecule has 5 nitrogen and oxygen atoms in total. The molecule has 3 heterocycles. The van der Waals surface area contributed by atoms with E-state index in [2.05, 4.69) is 180 Å². The first-order valence-corrected chi connectivity index (χ1v) is 25.8. The minimum Gasteiger partial charge on any atom is -0.500 e. The van der Waals surface area contributed by atoms with E-state index in [0.717, 1.165) is 61.3 Å². The zero-order chi connectivity index (χ0) is 55.6. The average Bonchev–Trinajstić information content (AvgIpc) is 4.30. The van der Waals surface area contributed by atoms with Gasteiger partial charge in [-0.3, -0.25) is 9.97 Å². The molecular formula is C69H62IrN4O-2. The van der Waals surface area contributed by atoms with Gasteiger partial charge in [0.05, 0.1) is 46.2 Å². The predicted octanol–water partition coefficient (Wildman–Crippen LogP) is 19.0. The first-order chi connectivity index (χ1) is 38.0. The van der Waals surface area contributed by atoms with Gasteiger partial charge in [0.25, 0.3) is 0 Å². The number of imidazole rings is 2. The minimum absolute atomic E-state index is 0. The quantitative estimate of drug-likeness (QED) is 0.128. The van der Waals surface area contributed by atoms with E-state index in [-0.39, 0.29) is 61.7 Å². The number of hydrogen-bond donors (Lipinski definition) is 0. The number of benzene rings is 9. The number of hydrogen-bond acceptors (Lipinski definition) is 3. The van der Waals surface area contributed by atoms with Gasteiger partial charge in [0.15, 0.2) is 0 Å². The van der Waals surface area contributed by atoms with E-state index in [1.165, 1.54) is 39.1 Å². The number of aryl methyl sites for hydroxylation is 1. The van der Waals surface area contributed by atoms with Crippen LogP contribution in [-0.4, -0.2) is 19.1 Å². The number of rotatable bonds is 10. The van der Waals surface area contributed by atoms with Crippen LogP contribution < -0.4 is 0 Å². The second kappa shape index (κ2) is 21.3. The van der Waals surface area contributed by atoms with Crippen LogP contribution in [0.5, 0.6) is 0 Å². The number of para-hydroxylation sites is 5. The van der Waals surface area contributed by atoms with Gasteiger partial charge in [-0.15, -0.1) is 54.1 Å². The largest absolute Gasteiger partial charge is 0.500 e. The van der Waals surface area contributed by atoms with Crippen LogP contribution in [0.2, 0.25) is 0 Å². The Kier molecular flexibility index (Phi) is 12.7. The van der Waals surface area contributed by atoms with Gasteiger partial charge in [-0.25, -0.2) is 0 Å². The summed E-state index contributed by atoms with van der Waals surface area (Å²) in [6.45, 7) is 19.8. The molecule has 9 aromatic carbocycles. The van der Waals surface area contributed by atoms with Crippen molar-refractivity contribution in [3.05, 3.63) is 228 Å². The third-order valence-electron chi connectivity index (χ3n) is 14.2. The molecule has 0 bridgehead atoms. The SMILES string of the molecule is CC(C)c1cc(-c2ccccc2)cc(C(C)C)c1-n1c(-c2[c-]cccc2)nc2ccccc21.[2H]c1c([2H])c([2H])c(-c2ccc3c(oc4c(-c5nc6ccccc6n5-c5c(C(C)C)cccc5C(C)C)[c-]ccc43)c2C)c([2H])c1[2H].[Ir]. The Balaban J connectivity index is 0.000000187. The van der Waals surface area contributed by atoms with Crippen molar-refractivity contribution in [2.75, 3.05) is 0 Å². The molecule has 75 heavy (non-hydrogen) atoms. The summed E-state index contributed by atoms with van der Waals surface area (Å²) >= 11 is 0. The number of aromatic nitrogens is 4. The van der Waals surface area contributed by atoms with E-state index in [1.807, 2.05) is 61.5 Å². The molecule has 3 aromatic heterocycles. The standard InChI is InChI=1S/C38H33N2O.C31H29N2.Ir/c1-23(2)27-15-11-16-28(24(3)4)35(27)40-34-20-10-9-19-33(34)39-38(40)32-18-12-17-30-31-22-21-29(26-13-7-6-8-14-26)25(5)36(31)41-37(30)32;1-21(2)26-19-25(23-13-7-5-8-14-23)20-27(22(3)4)30(26)33-29-18-12-11-17-28(29)32-31(33)24-15-9-6-10-16-24;/h6-17,19-24H,1-5H3;5-15,17-22H,1-4H3;/q2*-1;/i6D,7D,8D,13D,14D;;. The van der Waals surface area contributed by atoms with Crippen molar-refractivity contribution in [1.82, 2.24) is 19.1 Å². The average molecular weight is 1160 g/mol. The van der Waals surface area contributed by atoms with E-state index in [4.69, 9.17) is 21.2 Å². The Labute approximate surface area is 462 Å². The van der Waals surface area contributed by atoms with E-state index in [0.29, 0.717) is 34.1 Å². The molecule has 1 radical (unpaired) electrons. The molecule has 0 amide bonds. The monoisotopic (exact) mass is 1160 g/mol. The molecule has 0 spiro atoms. The van der Waals surface area contributed by atoms with E-state index in [9.17, 15) is 0 Å². The van der Waals surface area contributed by atoms with Crippen molar-refractivity contribution < 1.29 is 31.4 Å². The summed E-state index contributed by atoms with van der Waals surface area (Å²) in [6, 6.07) is 59.5. The van der Waals surface area contributed by atoms with E-state index < -0.39 is 6.04 Å². The third-order valence-corrected chi connectivity index (χ3v) is 14.2. The fourth-order valence-corrected chi connectivity index (χ4v) is 10.5. The van der Waals surface area contributed by atoms with Gasteiger partial charge in [-0.1, -0.05) is 181 Å². The van der Waals surface area contributed by atoms with Crippen molar-refractivity contribution in [2.45, 2.75) is 86.0 Å². The van der Waals surface area contributed by atoms with Crippen LogP contribution in [0.1, 0.15) is 114 Å². The van der Waals surface area contributed by atoms with Gasteiger partial charge in [0.2, 0.25) is 0 Å². The molecule has 6 heteroatoms. The molecule has 0 atom stereocenters. The number of furan rings is 1. The van der Waals surface area contributed by atoms with Crippen LogP contribution in [0.15, 0.2) is 192 Å². The third kappa shape index (κ3) is 9.36. The second-order valence-electron chi connectivity index (χ2n) is 20.4. The molecule has 0 N–H and O–H groups in total. The van der Waals surface area contributed by atoms with E-state index >= 15 is 0 Å². The maximum absolute atomic E-state index is 8.57. The Hall–Kier alpha value is -7.63. The van der Waals surface area contributed by atoms with Crippen LogP contribution in [0.4, 0.5) is 0 Å². The summed E-state index contributed by atoms with van der Waals surface area (Å²) in [7, 11) is 0. The molecule has 0 fully saturated rings. The molecule has 0 saturated carbocycles. The van der Waals surface area contributed by atoms with Crippen LogP contribution in [0, 0.1) is 19.1 Å². The Morgan fingerprint density at radius 2 is 1.03 bits per heavy atom. The number of nitrogens with zero attached hydrogens (tertiary/aromatic N) is 4.